The molecule has 0 bridgehead atoms. The van der Waals surface area contributed by atoms with Crippen molar-refractivity contribution in [3.8, 4) is 5.75 Å². The first-order valence-electron chi connectivity index (χ1n) is 7.23. The summed E-state index contributed by atoms with van der Waals surface area (Å²) in [4.78, 5) is 0.623. The Kier molecular flexibility index (Phi) is 4.60. The summed E-state index contributed by atoms with van der Waals surface area (Å²) in [5.74, 6) is 2.50. The van der Waals surface area contributed by atoms with Crippen molar-refractivity contribution in [2.24, 2.45) is 11.8 Å². The maximum absolute atomic E-state index is 5.37. The van der Waals surface area contributed by atoms with Gasteiger partial charge in [0.2, 0.25) is 0 Å². The molecule has 1 saturated carbocycles. The minimum atomic E-state index is 0.183. The van der Waals surface area contributed by atoms with Crippen molar-refractivity contribution in [2.75, 3.05) is 7.11 Å². The molecule has 2 rings (SSSR count). The molecule has 1 aliphatic carbocycles. The van der Waals surface area contributed by atoms with Gasteiger partial charge in [-0.1, -0.05) is 55.3 Å². The Bertz CT molecular complexity index is 427. The Hall–Kier alpha value is -0.500. The number of hydrogen-bond acceptors (Lipinski definition) is 1. The number of alkyl halides is 1. The van der Waals surface area contributed by atoms with Crippen LogP contribution in [0.5, 0.6) is 5.75 Å². The predicted octanol–water partition coefficient (Wildman–Crippen LogP) is 5.17. The first-order chi connectivity index (χ1) is 8.95. The van der Waals surface area contributed by atoms with Crippen LogP contribution in [0.2, 0.25) is 0 Å². The van der Waals surface area contributed by atoms with E-state index in [0.717, 1.165) is 11.7 Å². The fourth-order valence-electron chi connectivity index (χ4n) is 3.36. The van der Waals surface area contributed by atoms with Crippen LogP contribution in [0.3, 0.4) is 0 Å². The van der Waals surface area contributed by atoms with Crippen molar-refractivity contribution >= 4 is 15.9 Å². The Morgan fingerprint density at radius 3 is 2.63 bits per heavy atom. The molecular formula is C17H25BrO. The average molecular weight is 325 g/mol. The summed E-state index contributed by atoms with van der Waals surface area (Å²) in [6.45, 7) is 7.11. The average Bonchev–Trinajstić information content (AvgIpc) is 2.38. The molecule has 2 heteroatoms. The molecule has 3 unspecified atom stereocenters. The Morgan fingerprint density at radius 1 is 1.26 bits per heavy atom. The van der Waals surface area contributed by atoms with Gasteiger partial charge in [0.05, 0.1) is 7.11 Å². The highest BCUT2D eigenvalue weighted by Crippen LogP contribution is 2.45. The number of rotatable bonds is 3. The molecule has 0 amide bonds. The first-order valence-corrected chi connectivity index (χ1v) is 8.15. The topological polar surface area (TPSA) is 9.23 Å². The predicted molar refractivity (Wildman–Crippen MR) is 85.2 cm³/mol. The molecule has 0 aliphatic heterocycles. The van der Waals surface area contributed by atoms with Crippen LogP contribution in [-0.2, 0) is 5.41 Å². The Balaban J connectivity index is 2.25. The number of halogens is 1. The molecule has 0 N–H and O–H groups in total. The second-order valence-corrected chi connectivity index (χ2v) is 7.67. The molecule has 0 aromatic heterocycles. The van der Waals surface area contributed by atoms with Gasteiger partial charge in [-0.25, -0.2) is 0 Å². The van der Waals surface area contributed by atoms with Gasteiger partial charge >= 0.3 is 0 Å². The molecule has 1 aromatic carbocycles. The zero-order chi connectivity index (χ0) is 14.0. The van der Waals surface area contributed by atoms with Crippen LogP contribution in [0.4, 0.5) is 0 Å². The lowest BCUT2D eigenvalue weighted by molar-refractivity contribution is 0.213. The maximum atomic E-state index is 5.37. The summed E-state index contributed by atoms with van der Waals surface area (Å²) in [6, 6.07) is 8.55. The third-order valence-corrected chi connectivity index (χ3v) is 5.79. The standard InChI is InChI=1S/C17H25BrO/c1-12-8-9-15(16(18)10-12)17(2,3)13-6-5-7-14(11-13)19-4/h5-7,11-12,15-16H,8-10H2,1-4H3. The lowest BCUT2D eigenvalue weighted by atomic mass is 9.66. The van der Waals surface area contributed by atoms with Gasteiger partial charge in [-0.3, -0.25) is 0 Å². The van der Waals surface area contributed by atoms with Crippen molar-refractivity contribution in [2.45, 2.75) is 50.3 Å². The highest BCUT2D eigenvalue weighted by Gasteiger charge is 2.38. The van der Waals surface area contributed by atoms with Gasteiger partial charge in [-0.15, -0.1) is 0 Å². The van der Waals surface area contributed by atoms with E-state index in [1.807, 2.05) is 6.07 Å². The van der Waals surface area contributed by atoms with Gasteiger partial charge in [0.1, 0.15) is 5.75 Å². The lowest BCUT2D eigenvalue weighted by Gasteiger charge is -2.42. The summed E-state index contributed by atoms with van der Waals surface area (Å²) in [7, 11) is 1.74. The van der Waals surface area contributed by atoms with Gasteiger partial charge < -0.3 is 4.74 Å². The van der Waals surface area contributed by atoms with Crippen LogP contribution in [-0.4, -0.2) is 11.9 Å². The summed E-state index contributed by atoms with van der Waals surface area (Å²) in [6.07, 6.45) is 3.94. The van der Waals surface area contributed by atoms with Crippen LogP contribution in [0.25, 0.3) is 0 Å². The molecule has 106 valence electrons. The van der Waals surface area contributed by atoms with E-state index in [-0.39, 0.29) is 5.41 Å². The third kappa shape index (κ3) is 3.16. The number of benzene rings is 1. The third-order valence-electron chi connectivity index (χ3n) is 4.78. The van der Waals surface area contributed by atoms with Gasteiger partial charge in [0.25, 0.3) is 0 Å². The van der Waals surface area contributed by atoms with Crippen molar-refractivity contribution in [1.82, 2.24) is 0 Å². The molecule has 1 aromatic rings. The zero-order valence-electron chi connectivity index (χ0n) is 12.4. The number of methoxy groups -OCH3 is 1. The van der Waals surface area contributed by atoms with Crippen molar-refractivity contribution < 1.29 is 4.74 Å². The summed E-state index contributed by atoms with van der Waals surface area (Å²) in [5.41, 5.74) is 1.57. The largest absolute Gasteiger partial charge is 0.497 e. The summed E-state index contributed by atoms with van der Waals surface area (Å²) >= 11 is 3.93. The van der Waals surface area contributed by atoms with Gasteiger partial charge in [0.15, 0.2) is 0 Å². The monoisotopic (exact) mass is 324 g/mol. The fourth-order valence-corrected chi connectivity index (χ4v) is 4.93. The second kappa shape index (κ2) is 5.87. The molecule has 1 aliphatic rings. The molecule has 0 heterocycles. The van der Waals surface area contributed by atoms with E-state index in [2.05, 4.69) is 54.9 Å². The highest BCUT2D eigenvalue weighted by atomic mass is 79.9. The molecule has 1 nitrogen and oxygen atoms in total. The van der Waals surface area contributed by atoms with E-state index in [0.29, 0.717) is 10.7 Å². The Morgan fingerprint density at radius 2 is 2.00 bits per heavy atom. The van der Waals surface area contributed by atoms with Gasteiger partial charge in [-0.05, 0) is 47.8 Å². The van der Waals surface area contributed by atoms with E-state index in [1.54, 1.807) is 7.11 Å². The van der Waals surface area contributed by atoms with Crippen LogP contribution in [0.15, 0.2) is 24.3 Å². The van der Waals surface area contributed by atoms with Crippen molar-refractivity contribution in [3.63, 3.8) is 0 Å². The van der Waals surface area contributed by atoms with E-state index in [9.17, 15) is 0 Å². The highest BCUT2D eigenvalue weighted by molar-refractivity contribution is 9.09. The minimum Gasteiger partial charge on any atom is -0.497 e. The normalized spacial score (nSPS) is 28.2. The lowest BCUT2D eigenvalue weighted by Crippen LogP contribution is -2.38. The number of ether oxygens (including phenoxy) is 1. The zero-order valence-corrected chi connectivity index (χ0v) is 14.0. The van der Waals surface area contributed by atoms with Crippen molar-refractivity contribution in [1.29, 1.82) is 0 Å². The number of hydrogen-bond donors (Lipinski definition) is 0. The second-order valence-electron chi connectivity index (χ2n) is 6.49. The molecule has 1 fully saturated rings. The summed E-state index contributed by atoms with van der Waals surface area (Å²) < 4.78 is 5.37. The van der Waals surface area contributed by atoms with E-state index in [4.69, 9.17) is 4.74 Å². The quantitative estimate of drug-likeness (QED) is 0.697. The smallest absolute Gasteiger partial charge is 0.119 e. The van der Waals surface area contributed by atoms with Crippen LogP contribution < -0.4 is 4.74 Å². The van der Waals surface area contributed by atoms with E-state index >= 15 is 0 Å². The summed E-state index contributed by atoms with van der Waals surface area (Å²) in [5, 5.41) is 0. The first kappa shape index (κ1) is 14.9. The molecule has 0 radical (unpaired) electrons. The molecule has 19 heavy (non-hydrogen) atoms. The van der Waals surface area contributed by atoms with Crippen LogP contribution in [0, 0.1) is 11.8 Å². The van der Waals surface area contributed by atoms with E-state index < -0.39 is 0 Å². The van der Waals surface area contributed by atoms with E-state index in [1.165, 1.54) is 24.8 Å². The molecular weight excluding hydrogens is 300 g/mol. The maximum Gasteiger partial charge on any atom is 0.119 e. The van der Waals surface area contributed by atoms with Crippen LogP contribution in [0.1, 0.15) is 45.6 Å². The fraction of sp³-hybridized carbons (Fsp3) is 0.647. The SMILES string of the molecule is COc1cccc(C(C)(C)C2CCC(C)CC2Br)c1. The Labute approximate surface area is 125 Å². The van der Waals surface area contributed by atoms with Crippen LogP contribution >= 0.6 is 15.9 Å². The van der Waals surface area contributed by atoms with Gasteiger partial charge in [0, 0.05) is 4.83 Å². The minimum absolute atomic E-state index is 0.183. The molecule has 0 saturated heterocycles. The molecule has 3 atom stereocenters. The van der Waals surface area contributed by atoms with Crippen molar-refractivity contribution in [3.05, 3.63) is 29.8 Å². The molecule has 0 spiro atoms. The van der Waals surface area contributed by atoms with Gasteiger partial charge in [-0.2, -0.15) is 0 Å².